The van der Waals surface area contributed by atoms with Gasteiger partial charge in [0.25, 0.3) is 5.91 Å². The molecule has 2 N–H and O–H groups in total. The number of rotatable bonds is 4. The van der Waals surface area contributed by atoms with E-state index in [9.17, 15) is 9.90 Å². The lowest BCUT2D eigenvalue weighted by Crippen LogP contribution is -2.24. The van der Waals surface area contributed by atoms with Crippen LogP contribution in [-0.4, -0.2) is 17.6 Å². The molecule has 0 aromatic heterocycles. The minimum Gasteiger partial charge on any atom is -0.384 e. The average molecular weight is 255 g/mol. The summed E-state index contributed by atoms with van der Waals surface area (Å²) in [5, 5.41) is 13.2. The zero-order valence-electron chi connectivity index (χ0n) is 10.8. The van der Waals surface area contributed by atoms with Crippen LogP contribution in [0.5, 0.6) is 0 Å². The van der Waals surface area contributed by atoms with Crippen molar-refractivity contribution in [2.75, 3.05) is 6.54 Å². The maximum Gasteiger partial charge on any atom is 0.251 e. The highest BCUT2D eigenvalue weighted by Crippen LogP contribution is 2.24. The maximum atomic E-state index is 12.0. The average Bonchev–Trinajstić information content (AvgIpc) is 2.47. The van der Waals surface area contributed by atoms with Crippen LogP contribution in [0.1, 0.15) is 34.5 Å². The third-order valence-corrected chi connectivity index (χ3v) is 2.95. The van der Waals surface area contributed by atoms with Crippen molar-refractivity contribution in [3.8, 4) is 0 Å². The van der Waals surface area contributed by atoms with Crippen LogP contribution in [0, 0.1) is 0 Å². The molecule has 0 spiro atoms. The Bertz CT molecular complexity index is 552. The number of carbonyl (C=O) groups excluding carboxylic acids is 1. The van der Waals surface area contributed by atoms with Gasteiger partial charge in [-0.15, -0.1) is 0 Å². The van der Waals surface area contributed by atoms with Crippen molar-refractivity contribution in [1.29, 1.82) is 0 Å². The third-order valence-electron chi connectivity index (χ3n) is 2.95. The van der Waals surface area contributed by atoms with Gasteiger partial charge in [-0.1, -0.05) is 48.5 Å². The molecule has 0 heterocycles. The Balaban J connectivity index is 2.37. The zero-order valence-corrected chi connectivity index (χ0v) is 10.8. The monoisotopic (exact) mass is 255 g/mol. The summed E-state index contributed by atoms with van der Waals surface area (Å²) in [6, 6.07) is 16.5. The SMILES string of the molecule is CCNC(=O)c1ccccc1C(O)c1ccccc1. The fourth-order valence-corrected chi connectivity index (χ4v) is 2.01. The molecule has 1 atom stereocenters. The van der Waals surface area contributed by atoms with Gasteiger partial charge in [-0.3, -0.25) is 4.79 Å². The minimum atomic E-state index is -0.792. The molecule has 0 saturated carbocycles. The molecule has 1 unspecified atom stereocenters. The van der Waals surface area contributed by atoms with Crippen LogP contribution in [0.15, 0.2) is 54.6 Å². The summed E-state index contributed by atoms with van der Waals surface area (Å²) in [5.41, 5.74) is 1.92. The smallest absolute Gasteiger partial charge is 0.251 e. The van der Waals surface area contributed by atoms with Gasteiger partial charge in [-0.05, 0) is 24.1 Å². The van der Waals surface area contributed by atoms with Gasteiger partial charge < -0.3 is 10.4 Å². The first-order valence-electron chi connectivity index (χ1n) is 6.34. The Morgan fingerprint density at radius 3 is 2.42 bits per heavy atom. The van der Waals surface area contributed by atoms with E-state index in [1.807, 2.05) is 43.3 Å². The molecule has 2 aromatic carbocycles. The minimum absolute atomic E-state index is 0.159. The maximum absolute atomic E-state index is 12.0. The molecule has 2 rings (SSSR count). The summed E-state index contributed by atoms with van der Waals surface area (Å²) >= 11 is 0. The van der Waals surface area contributed by atoms with Gasteiger partial charge >= 0.3 is 0 Å². The van der Waals surface area contributed by atoms with Crippen LogP contribution in [0.2, 0.25) is 0 Å². The van der Waals surface area contributed by atoms with Crippen molar-refractivity contribution in [3.05, 3.63) is 71.3 Å². The van der Waals surface area contributed by atoms with Crippen LogP contribution >= 0.6 is 0 Å². The largest absolute Gasteiger partial charge is 0.384 e. The van der Waals surface area contributed by atoms with Crippen LogP contribution in [0.25, 0.3) is 0 Å². The number of amides is 1. The van der Waals surface area contributed by atoms with Gasteiger partial charge in [-0.25, -0.2) is 0 Å². The number of carbonyl (C=O) groups is 1. The van der Waals surface area contributed by atoms with Crippen molar-refractivity contribution in [1.82, 2.24) is 5.32 Å². The van der Waals surface area contributed by atoms with E-state index in [1.165, 1.54) is 0 Å². The van der Waals surface area contributed by atoms with E-state index in [0.717, 1.165) is 5.56 Å². The number of aliphatic hydroxyl groups is 1. The van der Waals surface area contributed by atoms with Crippen molar-refractivity contribution >= 4 is 5.91 Å². The second-order valence-electron chi connectivity index (χ2n) is 4.26. The standard InChI is InChI=1S/C16H17NO2/c1-2-17-16(19)14-11-7-6-10-13(14)15(18)12-8-4-3-5-9-12/h3-11,15,18H,2H2,1H3,(H,17,19). The Morgan fingerprint density at radius 1 is 1.11 bits per heavy atom. The van der Waals surface area contributed by atoms with E-state index in [4.69, 9.17) is 0 Å². The second-order valence-corrected chi connectivity index (χ2v) is 4.26. The van der Waals surface area contributed by atoms with Gasteiger partial charge in [0, 0.05) is 12.1 Å². The van der Waals surface area contributed by atoms with Crippen molar-refractivity contribution in [2.45, 2.75) is 13.0 Å². The van der Waals surface area contributed by atoms with Gasteiger partial charge in [0.1, 0.15) is 6.10 Å². The topological polar surface area (TPSA) is 49.3 Å². The summed E-state index contributed by atoms with van der Waals surface area (Å²) in [6.07, 6.45) is -0.792. The Morgan fingerprint density at radius 2 is 1.74 bits per heavy atom. The lowest BCUT2D eigenvalue weighted by molar-refractivity contribution is 0.0950. The molecule has 0 aliphatic rings. The number of nitrogens with one attached hydrogen (secondary N) is 1. The summed E-state index contributed by atoms with van der Waals surface area (Å²) in [6.45, 7) is 2.43. The Hall–Kier alpha value is -2.13. The molecule has 0 bridgehead atoms. The number of aliphatic hydroxyl groups excluding tert-OH is 1. The van der Waals surface area contributed by atoms with Gasteiger partial charge in [-0.2, -0.15) is 0 Å². The Kier molecular flexibility index (Phi) is 4.31. The fraction of sp³-hybridized carbons (Fsp3) is 0.188. The number of hydrogen-bond donors (Lipinski definition) is 2. The fourth-order valence-electron chi connectivity index (χ4n) is 2.01. The van der Waals surface area contributed by atoms with E-state index in [-0.39, 0.29) is 5.91 Å². The number of benzene rings is 2. The van der Waals surface area contributed by atoms with Crippen molar-refractivity contribution in [2.24, 2.45) is 0 Å². The molecule has 0 fully saturated rings. The quantitative estimate of drug-likeness (QED) is 0.882. The van der Waals surface area contributed by atoms with Crippen molar-refractivity contribution in [3.63, 3.8) is 0 Å². The van der Waals surface area contributed by atoms with E-state index < -0.39 is 6.10 Å². The normalized spacial score (nSPS) is 11.9. The van der Waals surface area contributed by atoms with Gasteiger partial charge in [0.2, 0.25) is 0 Å². The Labute approximate surface area is 112 Å². The molecule has 0 aliphatic carbocycles. The zero-order chi connectivity index (χ0) is 13.7. The van der Waals surface area contributed by atoms with E-state index >= 15 is 0 Å². The summed E-state index contributed by atoms with van der Waals surface area (Å²) in [4.78, 5) is 12.0. The molecule has 0 aliphatic heterocycles. The van der Waals surface area contributed by atoms with Crippen LogP contribution in [0.3, 0.4) is 0 Å². The summed E-state index contributed by atoms with van der Waals surface area (Å²) in [5.74, 6) is -0.159. The van der Waals surface area contributed by atoms with E-state index in [2.05, 4.69) is 5.32 Å². The molecule has 19 heavy (non-hydrogen) atoms. The van der Waals surface area contributed by atoms with Gasteiger partial charge in [0.05, 0.1) is 0 Å². The molecule has 2 aromatic rings. The molecular weight excluding hydrogens is 238 g/mol. The molecule has 1 amide bonds. The molecule has 98 valence electrons. The van der Waals surface area contributed by atoms with E-state index in [1.54, 1.807) is 18.2 Å². The van der Waals surface area contributed by atoms with Crippen LogP contribution in [-0.2, 0) is 0 Å². The van der Waals surface area contributed by atoms with Gasteiger partial charge in [0.15, 0.2) is 0 Å². The first-order chi connectivity index (χ1) is 9.24. The highest BCUT2D eigenvalue weighted by Gasteiger charge is 2.17. The molecule has 0 radical (unpaired) electrons. The molecule has 0 saturated heterocycles. The highest BCUT2D eigenvalue weighted by atomic mass is 16.3. The van der Waals surface area contributed by atoms with Crippen molar-refractivity contribution < 1.29 is 9.90 Å². The van der Waals surface area contributed by atoms with Crippen LogP contribution in [0.4, 0.5) is 0 Å². The summed E-state index contributed by atoms with van der Waals surface area (Å²) in [7, 11) is 0. The second kappa shape index (κ2) is 6.16. The predicted molar refractivity (Wildman–Crippen MR) is 75.0 cm³/mol. The highest BCUT2D eigenvalue weighted by molar-refractivity contribution is 5.95. The molecule has 3 heteroatoms. The lowest BCUT2D eigenvalue weighted by atomic mass is 9.96. The first-order valence-corrected chi connectivity index (χ1v) is 6.34. The first kappa shape index (κ1) is 13.3. The van der Waals surface area contributed by atoms with Crippen LogP contribution < -0.4 is 5.32 Å². The molecule has 3 nitrogen and oxygen atoms in total. The number of hydrogen-bond acceptors (Lipinski definition) is 2. The lowest BCUT2D eigenvalue weighted by Gasteiger charge is -2.15. The van der Waals surface area contributed by atoms with E-state index in [0.29, 0.717) is 17.7 Å². The predicted octanol–water partition coefficient (Wildman–Crippen LogP) is 2.52. The summed E-state index contributed by atoms with van der Waals surface area (Å²) < 4.78 is 0. The third kappa shape index (κ3) is 3.01. The molecular formula is C16H17NO2.